The highest BCUT2D eigenvalue weighted by Gasteiger charge is 2.43. The predicted octanol–water partition coefficient (Wildman–Crippen LogP) is 12.0. The second-order valence-electron chi connectivity index (χ2n) is 11.7. The van der Waals surface area contributed by atoms with Gasteiger partial charge < -0.3 is 5.32 Å². The summed E-state index contributed by atoms with van der Waals surface area (Å²) >= 11 is 52.0. The van der Waals surface area contributed by atoms with Gasteiger partial charge in [-0.25, -0.2) is 18.4 Å². The molecule has 0 radical (unpaired) electrons. The van der Waals surface area contributed by atoms with Gasteiger partial charge in [-0.2, -0.15) is 0 Å². The number of nitrogens with one attached hydrogen (secondary N) is 2. The van der Waals surface area contributed by atoms with Gasteiger partial charge in [0.25, 0.3) is 21.8 Å². The van der Waals surface area contributed by atoms with Crippen LogP contribution in [-0.4, -0.2) is 38.4 Å². The molecule has 0 aliphatic carbocycles. The second kappa shape index (κ2) is 16.8. The molecule has 1 atom stereocenters. The Morgan fingerprint density at radius 2 is 1.42 bits per heavy atom. The Bertz CT molecular complexity index is 2470. The van der Waals surface area contributed by atoms with E-state index in [2.05, 4.69) is 10.7 Å². The molecule has 0 spiro atoms. The number of halogens is 8. The number of para-hydroxylation sites is 1. The summed E-state index contributed by atoms with van der Waals surface area (Å²) in [6, 6.07) is 22.0. The van der Waals surface area contributed by atoms with Crippen LogP contribution in [0, 0.1) is 6.92 Å². The summed E-state index contributed by atoms with van der Waals surface area (Å²) < 4.78 is 28.6. The van der Waals surface area contributed by atoms with Gasteiger partial charge >= 0.3 is 0 Å². The third kappa shape index (κ3) is 8.62. The number of benzene rings is 5. The van der Waals surface area contributed by atoms with E-state index >= 15 is 0 Å². The molecule has 2 N–H and O–H groups in total. The number of rotatable bonds is 9. The lowest BCUT2D eigenvalue weighted by atomic mass is 10.2. The Kier molecular flexibility index (Phi) is 12.7. The number of aryl methyl sites for hydroxylation is 1. The third-order valence-corrected chi connectivity index (χ3v) is 14.1. The third-order valence-electron chi connectivity index (χ3n) is 8.03. The summed E-state index contributed by atoms with van der Waals surface area (Å²) in [7, 11) is -2.61. The maximum Gasteiger partial charge on any atom is 0.267 e. The Morgan fingerprint density at radius 1 is 0.818 bits per heavy atom. The van der Waals surface area contributed by atoms with E-state index in [4.69, 9.17) is 97.8 Å². The number of hydrogen-bond acceptors (Lipinski definition) is 6. The lowest BCUT2D eigenvalue weighted by Crippen LogP contribution is -2.36. The molecule has 55 heavy (non-hydrogen) atoms. The van der Waals surface area contributed by atoms with Crippen molar-refractivity contribution in [2.24, 2.45) is 4.99 Å². The summed E-state index contributed by atoms with van der Waals surface area (Å²) in [6.07, 6.45) is 0. The average Bonchev–Trinajstić information content (AvgIpc) is 3.44. The lowest BCUT2D eigenvalue weighted by Gasteiger charge is -2.23. The molecule has 1 unspecified atom stereocenters. The molecule has 284 valence electrons. The van der Waals surface area contributed by atoms with Crippen molar-refractivity contribution >= 4 is 155 Å². The summed E-state index contributed by atoms with van der Waals surface area (Å²) in [5, 5.41) is 2.50. The topological polar surface area (TPSA) is 111 Å². The number of carbonyl (C=O) groups excluding carboxylic acids is 2. The van der Waals surface area contributed by atoms with E-state index in [0.717, 1.165) is 26.6 Å². The van der Waals surface area contributed by atoms with Gasteiger partial charge in [-0.15, -0.1) is 11.8 Å². The van der Waals surface area contributed by atoms with Gasteiger partial charge in [-0.05, 0) is 67.6 Å². The molecule has 1 saturated heterocycles. The molecule has 9 nitrogen and oxygen atoms in total. The number of hydrogen-bond donors (Lipinski definition) is 2. The highest BCUT2D eigenvalue weighted by Crippen LogP contribution is 2.49. The maximum absolute atomic E-state index is 14.4. The number of carbonyl (C=O) groups is 2. The van der Waals surface area contributed by atoms with Crippen LogP contribution in [0.5, 0.6) is 0 Å². The van der Waals surface area contributed by atoms with E-state index in [0.29, 0.717) is 10.6 Å². The van der Waals surface area contributed by atoms with Gasteiger partial charge in [0.1, 0.15) is 16.8 Å². The largest absolute Gasteiger partial charge is 0.322 e. The van der Waals surface area contributed by atoms with Crippen LogP contribution in [0.1, 0.15) is 15.9 Å². The SMILES string of the molecule is Cc1ccc(S(=O)(=O)N(C)c2ccccc2SC2C(=O)N(c3c(Cl)c(Cl)c(Cl)c(Cl)c3Cl)NC2=Nc2cc(NC(=O)c3cc(Cl)cc(Cl)c3)ccc2Cl)cc1. The van der Waals surface area contributed by atoms with Crippen LogP contribution in [0.25, 0.3) is 0 Å². The summed E-state index contributed by atoms with van der Waals surface area (Å²) in [5.74, 6) is -1.13. The van der Waals surface area contributed by atoms with Crippen molar-refractivity contribution in [2.75, 3.05) is 21.7 Å². The van der Waals surface area contributed by atoms with Gasteiger partial charge in [0, 0.05) is 33.2 Å². The van der Waals surface area contributed by atoms with Crippen molar-refractivity contribution < 1.29 is 18.0 Å². The van der Waals surface area contributed by atoms with E-state index < -0.39 is 27.1 Å². The van der Waals surface area contributed by atoms with E-state index in [-0.39, 0.29) is 73.5 Å². The van der Waals surface area contributed by atoms with Crippen molar-refractivity contribution in [2.45, 2.75) is 22.0 Å². The van der Waals surface area contributed by atoms with Crippen molar-refractivity contribution in [3.05, 3.63) is 136 Å². The fourth-order valence-electron chi connectivity index (χ4n) is 5.24. The van der Waals surface area contributed by atoms with Crippen molar-refractivity contribution in [3.8, 4) is 0 Å². The Morgan fingerprint density at radius 3 is 2.05 bits per heavy atom. The molecule has 6 rings (SSSR count). The van der Waals surface area contributed by atoms with Crippen LogP contribution in [0.3, 0.4) is 0 Å². The lowest BCUT2D eigenvalue weighted by molar-refractivity contribution is -0.116. The van der Waals surface area contributed by atoms with E-state index in [9.17, 15) is 18.0 Å². The molecular formula is C36H23Cl8N5O4S2. The Hall–Kier alpha value is -3.07. The first-order valence-electron chi connectivity index (χ1n) is 15.6. The summed E-state index contributed by atoms with van der Waals surface area (Å²) in [6.45, 7) is 1.85. The van der Waals surface area contributed by atoms with Crippen molar-refractivity contribution in [3.63, 3.8) is 0 Å². The minimum absolute atomic E-state index is 0.0233. The highest BCUT2D eigenvalue weighted by atomic mass is 35.5. The zero-order chi connectivity index (χ0) is 39.9. The number of thioether (sulfide) groups is 1. The van der Waals surface area contributed by atoms with Gasteiger partial charge in [-0.1, -0.05) is 123 Å². The fraction of sp³-hybridized carbons (Fsp3) is 0.0833. The first kappa shape index (κ1) is 41.6. The second-order valence-corrected chi connectivity index (χ2v) is 18.0. The molecule has 0 bridgehead atoms. The average molecular weight is 937 g/mol. The molecule has 1 heterocycles. The van der Waals surface area contributed by atoms with Crippen LogP contribution in [0.4, 0.5) is 22.7 Å². The highest BCUT2D eigenvalue weighted by molar-refractivity contribution is 8.01. The molecule has 2 amide bonds. The van der Waals surface area contributed by atoms with Crippen LogP contribution < -0.4 is 20.1 Å². The number of amidine groups is 1. The molecule has 0 aromatic heterocycles. The minimum Gasteiger partial charge on any atom is -0.322 e. The van der Waals surface area contributed by atoms with Gasteiger partial charge in [0.15, 0.2) is 0 Å². The van der Waals surface area contributed by atoms with Crippen molar-refractivity contribution in [1.29, 1.82) is 0 Å². The molecule has 5 aromatic carbocycles. The first-order chi connectivity index (χ1) is 26.0. The van der Waals surface area contributed by atoms with Gasteiger partial charge in [-0.3, -0.25) is 19.3 Å². The zero-order valence-corrected chi connectivity index (χ0v) is 35.7. The molecule has 1 aliphatic rings. The number of nitrogens with zero attached hydrogens (tertiary/aromatic N) is 3. The van der Waals surface area contributed by atoms with Gasteiger partial charge in [0.2, 0.25) is 0 Å². The molecule has 1 aliphatic heterocycles. The maximum atomic E-state index is 14.4. The number of aliphatic imine (C=N–C) groups is 1. The molecular weight excluding hydrogens is 914 g/mol. The minimum atomic E-state index is -4.03. The van der Waals surface area contributed by atoms with Crippen LogP contribution in [0.2, 0.25) is 40.2 Å². The fourth-order valence-corrected chi connectivity index (χ4v) is 9.66. The Balaban J connectivity index is 1.43. The van der Waals surface area contributed by atoms with E-state index in [1.165, 1.54) is 49.5 Å². The van der Waals surface area contributed by atoms with Crippen LogP contribution in [0.15, 0.2) is 99.7 Å². The van der Waals surface area contributed by atoms with Crippen LogP contribution in [-0.2, 0) is 14.8 Å². The van der Waals surface area contributed by atoms with Crippen molar-refractivity contribution in [1.82, 2.24) is 5.43 Å². The zero-order valence-electron chi connectivity index (χ0n) is 28.0. The Labute approximate surface area is 360 Å². The number of amides is 2. The predicted molar refractivity (Wildman–Crippen MR) is 228 cm³/mol. The number of hydrazine groups is 1. The summed E-state index contributed by atoms with van der Waals surface area (Å²) in [5.41, 5.74) is 4.65. The molecule has 0 saturated carbocycles. The normalized spacial score (nSPS) is 15.0. The molecule has 5 aromatic rings. The van der Waals surface area contributed by atoms with E-state index in [1.54, 1.807) is 42.5 Å². The molecule has 19 heteroatoms. The summed E-state index contributed by atoms with van der Waals surface area (Å²) in [4.78, 5) is 32.7. The number of sulfonamides is 1. The van der Waals surface area contributed by atoms with Crippen LogP contribution >= 0.6 is 105 Å². The monoisotopic (exact) mass is 933 g/mol. The van der Waals surface area contributed by atoms with E-state index in [1.807, 2.05) is 6.92 Å². The quantitative estimate of drug-likeness (QED) is 0.112. The standard InChI is InChI=1S/C36H23Cl8N5O4S2/c1-17-7-10-22(11-8-17)55(52,53)48(2)25-5-3-4-6-26(25)54-33-34(47-49(36(33)51)32-30(43)28(41)27(40)29(42)31(32)44)46-24-16-21(9-12-23(24)39)45-35(50)18-13-19(37)15-20(38)14-18/h3-16,33H,1-2H3,(H,45,50)(H,46,47). The number of anilines is 3. The molecule has 1 fully saturated rings. The first-order valence-corrected chi connectivity index (χ1v) is 20.9. The smallest absolute Gasteiger partial charge is 0.267 e. The van der Waals surface area contributed by atoms with Gasteiger partial charge in [0.05, 0.1) is 46.4 Å².